The number of hydrogen-bond donors (Lipinski definition) is 0. The van der Waals surface area contributed by atoms with Gasteiger partial charge in [0.05, 0.1) is 12.7 Å². The maximum Gasteiger partial charge on any atom is 0.267 e. The van der Waals surface area contributed by atoms with E-state index in [-0.39, 0.29) is 16.5 Å². The molecule has 0 aromatic carbocycles. The second kappa shape index (κ2) is 4.36. The molecule has 0 spiro atoms. The van der Waals surface area contributed by atoms with Crippen LogP contribution >= 0.6 is 34.2 Å². The number of alkyl halides is 2. The van der Waals surface area contributed by atoms with Gasteiger partial charge in [-0.15, -0.1) is 0 Å². The maximum absolute atomic E-state index is 12.4. The fourth-order valence-electron chi connectivity index (χ4n) is 0.854. The van der Waals surface area contributed by atoms with E-state index in [1.54, 1.807) is 0 Å². The molecular formula is C7H5ClF2INO. The first-order chi connectivity index (χ1) is 6.06. The third-order valence-corrected chi connectivity index (χ3v) is 2.18. The summed E-state index contributed by atoms with van der Waals surface area (Å²) < 4.78 is 29.9. The fraction of sp³-hybridized carbons (Fsp3) is 0.286. The van der Waals surface area contributed by atoms with E-state index in [1.807, 2.05) is 22.6 Å². The Balaban J connectivity index is 3.29. The molecule has 2 nitrogen and oxygen atoms in total. The molecule has 6 heteroatoms. The van der Waals surface area contributed by atoms with Crippen molar-refractivity contribution in [3.8, 4) is 5.75 Å². The van der Waals surface area contributed by atoms with Crippen LogP contribution in [0, 0.1) is 3.70 Å². The molecule has 72 valence electrons. The summed E-state index contributed by atoms with van der Waals surface area (Å²) in [5.41, 5.74) is -0.230. The summed E-state index contributed by atoms with van der Waals surface area (Å²) in [4.78, 5) is 3.78. The lowest BCUT2D eigenvalue weighted by molar-refractivity contribution is 0.147. The van der Waals surface area contributed by atoms with Crippen LogP contribution in [-0.4, -0.2) is 12.1 Å². The van der Waals surface area contributed by atoms with Gasteiger partial charge >= 0.3 is 0 Å². The van der Waals surface area contributed by atoms with Crippen molar-refractivity contribution in [3.63, 3.8) is 0 Å². The van der Waals surface area contributed by atoms with Gasteiger partial charge < -0.3 is 4.74 Å². The molecule has 0 fully saturated rings. The molecule has 0 amide bonds. The molecule has 0 aliphatic heterocycles. The highest BCUT2D eigenvalue weighted by Crippen LogP contribution is 2.34. The molecule has 0 atom stereocenters. The van der Waals surface area contributed by atoms with E-state index in [0.29, 0.717) is 3.70 Å². The Morgan fingerprint density at radius 3 is 2.69 bits per heavy atom. The highest BCUT2D eigenvalue weighted by molar-refractivity contribution is 14.1. The summed E-state index contributed by atoms with van der Waals surface area (Å²) in [5.74, 6) is -0.0583. The molecule has 0 saturated carbocycles. The van der Waals surface area contributed by atoms with Gasteiger partial charge in [0.1, 0.15) is 3.70 Å². The van der Waals surface area contributed by atoms with E-state index < -0.39 is 6.43 Å². The molecule has 0 radical (unpaired) electrons. The molecule has 0 saturated heterocycles. The molecular weight excluding hydrogens is 314 g/mol. The molecule has 0 aliphatic carbocycles. The SMILES string of the molecule is COc1c(C(F)F)cc(I)nc1Cl. The van der Waals surface area contributed by atoms with E-state index in [2.05, 4.69) is 4.98 Å². The minimum atomic E-state index is -2.61. The van der Waals surface area contributed by atoms with Crippen LogP contribution in [0.25, 0.3) is 0 Å². The van der Waals surface area contributed by atoms with Crippen molar-refractivity contribution in [3.05, 3.63) is 20.5 Å². The number of hydrogen-bond acceptors (Lipinski definition) is 2. The highest BCUT2D eigenvalue weighted by Gasteiger charge is 2.18. The molecule has 1 aromatic heterocycles. The Morgan fingerprint density at radius 2 is 2.23 bits per heavy atom. The topological polar surface area (TPSA) is 22.1 Å². The van der Waals surface area contributed by atoms with Crippen LogP contribution in [0.2, 0.25) is 5.15 Å². The van der Waals surface area contributed by atoms with Crippen molar-refractivity contribution in [1.82, 2.24) is 4.98 Å². The zero-order valence-electron chi connectivity index (χ0n) is 6.52. The van der Waals surface area contributed by atoms with Crippen LogP contribution < -0.4 is 4.74 Å². The zero-order chi connectivity index (χ0) is 10.0. The van der Waals surface area contributed by atoms with Crippen molar-refractivity contribution >= 4 is 34.2 Å². The van der Waals surface area contributed by atoms with Crippen molar-refractivity contribution in [2.75, 3.05) is 7.11 Å². The second-order valence-corrected chi connectivity index (χ2v) is 3.62. The van der Waals surface area contributed by atoms with E-state index in [4.69, 9.17) is 16.3 Å². The molecule has 1 heterocycles. The van der Waals surface area contributed by atoms with Gasteiger partial charge in [0.25, 0.3) is 6.43 Å². The van der Waals surface area contributed by atoms with Gasteiger partial charge in [-0.3, -0.25) is 0 Å². The lowest BCUT2D eigenvalue weighted by Crippen LogP contribution is -1.97. The summed E-state index contributed by atoms with van der Waals surface area (Å²) in [7, 11) is 1.28. The number of aromatic nitrogens is 1. The van der Waals surface area contributed by atoms with E-state index in [0.717, 1.165) is 0 Å². The summed E-state index contributed by atoms with van der Waals surface area (Å²) in [6, 6.07) is 1.25. The van der Waals surface area contributed by atoms with Gasteiger partial charge in [-0.25, -0.2) is 13.8 Å². The van der Waals surface area contributed by atoms with E-state index >= 15 is 0 Å². The first-order valence-corrected chi connectivity index (χ1v) is 4.70. The molecule has 0 unspecified atom stereocenters. The number of ether oxygens (including phenoxy) is 1. The molecule has 0 aliphatic rings. The number of pyridine rings is 1. The van der Waals surface area contributed by atoms with Crippen LogP contribution in [0.3, 0.4) is 0 Å². The van der Waals surface area contributed by atoms with Gasteiger partial charge in [-0.1, -0.05) is 11.6 Å². The van der Waals surface area contributed by atoms with Crippen molar-refractivity contribution in [1.29, 1.82) is 0 Å². The quantitative estimate of drug-likeness (QED) is 0.616. The van der Waals surface area contributed by atoms with Crippen LogP contribution in [0.1, 0.15) is 12.0 Å². The molecule has 1 aromatic rings. The predicted octanol–water partition coefficient (Wildman–Crippen LogP) is 3.29. The summed E-state index contributed by atoms with van der Waals surface area (Å²) in [5, 5.41) is -0.0373. The zero-order valence-corrected chi connectivity index (χ0v) is 9.44. The minimum absolute atomic E-state index is 0.0373. The Bertz CT molecular complexity index is 322. The third-order valence-electron chi connectivity index (χ3n) is 1.37. The summed E-state index contributed by atoms with van der Waals surface area (Å²) >= 11 is 7.42. The van der Waals surface area contributed by atoms with Crippen LogP contribution in [0.4, 0.5) is 8.78 Å². The van der Waals surface area contributed by atoms with Crippen molar-refractivity contribution in [2.24, 2.45) is 0 Å². The number of nitrogens with zero attached hydrogens (tertiary/aromatic N) is 1. The largest absolute Gasteiger partial charge is 0.493 e. The minimum Gasteiger partial charge on any atom is -0.493 e. The van der Waals surface area contributed by atoms with Gasteiger partial charge in [-0.05, 0) is 28.7 Å². The predicted molar refractivity (Wildman–Crippen MR) is 53.5 cm³/mol. The maximum atomic E-state index is 12.4. The first-order valence-electron chi connectivity index (χ1n) is 3.24. The third kappa shape index (κ3) is 2.40. The van der Waals surface area contributed by atoms with Crippen LogP contribution in [0.5, 0.6) is 5.75 Å². The number of rotatable bonds is 2. The molecule has 0 N–H and O–H groups in total. The van der Waals surface area contributed by atoms with Crippen molar-refractivity contribution < 1.29 is 13.5 Å². The van der Waals surface area contributed by atoms with Gasteiger partial charge in [-0.2, -0.15) is 0 Å². The lowest BCUT2D eigenvalue weighted by atomic mass is 10.2. The van der Waals surface area contributed by atoms with Crippen LogP contribution in [0.15, 0.2) is 6.07 Å². The average Bonchev–Trinajstić information content (AvgIpc) is 2.02. The Morgan fingerprint density at radius 1 is 1.62 bits per heavy atom. The smallest absolute Gasteiger partial charge is 0.267 e. The van der Waals surface area contributed by atoms with E-state index in [9.17, 15) is 8.78 Å². The van der Waals surface area contributed by atoms with Gasteiger partial charge in [0.2, 0.25) is 0 Å². The monoisotopic (exact) mass is 319 g/mol. The first kappa shape index (κ1) is 10.9. The Hall–Kier alpha value is -0.170. The normalized spacial score (nSPS) is 10.6. The standard InChI is InChI=1S/C7H5ClF2INO/c1-13-5-3(7(9)10)2-4(11)12-6(5)8/h2,7H,1H3. The Labute approximate surface area is 92.4 Å². The number of methoxy groups -OCH3 is 1. The molecule has 1 rings (SSSR count). The Kier molecular flexibility index (Phi) is 3.66. The lowest BCUT2D eigenvalue weighted by Gasteiger charge is -2.08. The van der Waals surface area contributed by atoms with E-state index in [1.165, 1.54) is 13.2 Å². The molecule has 0 bridgehead atoms. The van der Waals surface area contributed by atoms with Crippen LogP contribution in [-0.2, 0) is 0 Å². The number of halogens is 4. The summed E-state index contributed by atoms with van der Waals surface area (Å²) in [6.07, 6.45) is -2.61. The second-order valence-electron chi connectivity index (χ2n) is 2.16. The summed E-state index contributed by atoms with van der Waals surface area (Å²) in [6.45, 7) is 0. The fourth-order valence-corrected chi connectivity index (χ4v) is 1.85. The van der Waals surface area contributed by atoms with Crippen molar-refractivity contribution in [2.45, 2.75) is 6.43 Å². The highest BCUT2D eigenvalue weighted by atomic mass is 127. The average molecular weight is 319 g/mol. The molecule has 13 heavy (non-hydrogen) atoms. The van der Waals surface area contributed by atoms with Gasteiger partial charge in [0, 0.05) is 0 Å². The van der Waals surface area contributed by atoms with Gasteiger partial charge in [0.15, 0.2) is 10.9 Å².